The lowest BCUT2D eigenvalue weighted by atomic mass is 10.1. The molecule has 1 amide bonds. The van der Waals surface area contributed by atoms with E-state index in [1.165, 1.54) is 6.42 Å². The number of nitrogens with zero attached hydrogens (tertiary/aromatic N) is 1. The third-order valence-electron chi connectivity index (χ3n) is 3.71. The van der Waals surface area contributed by atoms with Gasteiger partial charge in [0.1, 0.15) is 5.60 Å². The average molecular weight is 240 g/mol. The van der Waals surface area contributed by atoms with E-state index < -0.39 is 5.60 Å². The van der Waals surface area contributed by atoms with Gasteiger partial charge >= 0.3 is 6.09 Å². The molecular weight excluding hydrogens is 216 g/mol. The van der Waals surface area contributed by atoms with E-state index in [4.69, 9.17) is 10.5 Å². The quantitative estimate of drug-likeness (QED) is 0.803. The minimum atomic E-state index is -0.401. The first-order chi connectivity index (χ1) is 7.94. The van der Waals surface area contributed by atoms with Crippen molar-refractivity contribution in [2.24, 2.45) is 17.6 Å². The van der Waals surface area contributed by atoms with Gasteiger partial charge in [-0.1, -0.05) is 0 Å². The zero-order valence-corrected chi connectivity index (χ0v) is 11.1. The summed E-state index contributed by atoms with van der Waals surface area (Å²) in [5.41, 5.74) is 5.21. The Morgan fingerprint density at radius 1 is 1.47 bits per heavy atom. The van der Waals surface area contributed by atoms with Gasteiger partial charge in [0.15, 0.2) is 0 Å². The Labute approximate surface area is 103 Å². The molecule has 0 aromatic rings. The average Bonchev–Trinajstić information content (AvgIpc) is 2.90. The maximum atomic E-state index is 12.1. The molecule has 4 heteroatoms. The van der Waals surface area contributed by atoms with Crippen molar-refractivity contribution in [2.45, 2.75) is 51.7 Å². The van der Waals surface area contributed by atoms with Gasteiger partial charge < -0.3 is 15.4 Å². The van der Waals surface area contributed by atoms with E-state index in [-0.39, 0.29) is 6.09 Å². The van der Waals surface area contributed by atoms with Gasteiger partial charge in [-0.2, -0.15) is 0 Å². The molecule has 3 atom stereocenters. The summed E-state index contributed by atoms with van der Waals surface area (Å²) in [4.78, 5) is 14.0. The van der Waals surface area contributed by atoms with Crippen molar-refractivity contribution in [3.8, 4) is 0 Å². The first-order valence-corrected chi connectivity index (χ1v) is 6.64. The summed E-state index contributed by atoms with van der Waals surface area (Å²) in [6.07, 6.45) is 3.23. The van der Waals surface area contributed by atoms with Crippen molar-refractivity contribution in [2.75, 3.05) is 13.1 Å². The Bertz CT molecular complexity index is 298. The second-order valence-corrected chi connectivity index (χ2v) is 6.21. The number of piperidine rings is 1. The van der Waals surface area contributed by atoms with Gasteiger partial charge in [0.2, 0.25) is 0 Å². The van der Waals surface area contributed by atoms with Crippen LogP contribution in [0.25, 0.3) is 0 Å². The molecule has 0 radical (unpaired) electrons. The number of hydrogen-bond acceptors (Lipinski definition) is 3. The first-order valence-electron chi connectivity index (χ1n) is 6.64. The number of amides is 1. The summed E-state index contributed by atoms with van der Waals surface area (Å²) >= 11 is 0. The molecule has 0 spiro atoms. The van der Waals surface area contributed by atoms with E-state index in [1.54, 1.807) is 0 Å². The maximum absolute atomic E-state index is 12.1. The highest BCUT2D eigenvalue weighted by Crippen LogP contribution is 2.51. The van der Waals surface area contributed by atoms with Gasteiger partial charge in [-0.05, 0) is 58.4 Å². The van der Waals surface area contributed by atoms with Crippen LogP contribution in [0.5, 0.6) is 0 Å². The summed E-state index contributed by atoms with van der Waals surface area (Å²) in [7, 11) is 0. The number of ether oxygens (including phenoxy) is 1. The molecule has 2 aliphatic rings. The topological polar surface area (TPSA) is 55.6 Å². The molecule has 0 bridgehead atoms. The monoisotopic (exact) mass is 240 g/mol. The molecule has 2 fully saturated rings. The minimum Gasteiger partial charge on any atom is -0.444 e. The number of likely N-dealkylation sites (tertiary alicyclic amines) is 1. The van der Waals surface area contributed by atoms with Crippen LogP contribution in [0.1, 0.15) is 40.0 Å². The summed E-state index contributed by atoms with van der Waals surface area (Å²) in [6, 6.07) is 0.405. The summed E-state index contributed by atoms with van der Waals surface area (Å²) in [5, 5.41) is 0. The standard InChI is InChI=1S/C13H24N2O2/c1-13(2,3)17-12(16)15-8-4-5-9-10(6-7-14)11(9)15/h9-11H,4-8,14H2,1-3H3. The Hall–Kier alpha value is -0.770. The van der Waals surface area contributed by atoms with E-state index in [2.05, 4.69) is 0 Å². The Kier molecular flexibility index (Phi) is 3.34. The van der Waals surface area contributed by atoms with Gasteiger partial charge in [-0.15, -0.1) is 0 Å². The van der Waals surface area contributed by atoms with E-state index in [0.29, 0.717) is 17.9 Å². The SMILES string of the molecule is CC(C)(C)OC(=O)N1CCCC2C(CCN)C21. The fraction of sp³-hybridized carbons (Fsp3) is 0.923. The Morgan fingerprint density at radius 2 is 2.18 bits per heavy atom. The zero-order valence-electron chi connectivity index (χ0n) is 11.1. The van der Waals surface area contributed by atoms with Crippen molar-refractivity contribution >= 4 is 6.09 Å². The molecule has 1 saturated carbocycles. The molecule has 3 unspecified atom stereocenters. The van der Waals surface area contributed by atoms with E-state index in [1.807, 2.05) is 25.7 Å². The van der Waals surface area contributed by atoms with Crippen LogP contribution in [-0.4, -0.2) is 35.7 Å². The number of hydrogen-bond donors (Lipinski definition) is 1. The fourth-order valence-electron chi connectivity index (χ4n) is 3.03. The summed E-state index contributed by atoms with van der Waals surface area (Å²) in [5.74, 6) is 1.30. The number of nitrogens with two attached hydrogens (primary N) is 1. The lowest BCUT2D eigenvalue weighted by Gasteiger charge is -2.30. The lowest BCUT2D eigenvalue weighted by molar-refractivity contribution is 0.0187. The molecule has 17 heavy (non-hydrogen) atoms. The number of rotatable bonds is 2. The normalized spacial score (nSPS) is 32.0. The van der Waals surface area contributed by atoms with Crippen LogP contribution >= 0.6 is 0 Å². The third-order valence-corrected chi connectivity index (χ3v) is 3.71. The van der Waals surface area contributed by atoms with Crippen LogP contribution in [-0.2, 0) is 4.74 Å². The van der Waals surface area contributed by atoms with Crippen LogP contribution in [0.3, 0.4) is 0 Å². The fourth-order valence-corrected chi connectivity index (χ4v) is 3.03. The molecule has 0 aromatic carbocycles. The highest BCUT2D eigenvalue weighted by atomic mass is 16.6. The highest BCUT2D eigenvalue weighted by Gasteiger charge is 2.56. The summed E-state index contributed by atoms with van der Waals surface area (Å²) in [6.45, 7) is 7.31. The van der Waals surface area contributed by atoms with Gasteiger partial charge in [-0.25, -0.2) is 4.79 Å². The second kappa shape index (κ2) is 4.48. The first kappa shape index (κ1) is 12.7. The van der Waals surface area contributed by atoms with Crippen LogP contribution in [0, 0.1) is 11.8 Å². The lowest BCUT2D eigenvalue weighted by Crippen LogP contribution is -2.41. The van der Waals surface area contributed by atoms with E-state index in [0.717, 1.165) is 25.9 Å². The van der Waals surface area contributed by atoms with Crippen LogP contribution in [0.4, 0.5) is 4.79 Å². The number of carbonyl (C=O) groups excluding carboxylic acids is 1. The molecule has 1 aliphatic carbocycles. The van der Waals surface area contributed by atoms with Crippen molar-refractivity contribution in [1.82, 2.24) is 4.90 Å². The van der Waals surface area contributed by atoms with Gasteiger partial charge in [0.05, 0.1) is 0 Å². The molecule has 0 aromatic heterocycles. The predicted octanol–water partition coefficient (Wildman–Crippen LogP) is 1.98. The van der Waals surface area contributed by atoms with E-state index in [9.17, 15) is 4.79 Å². The highest BCUT2D eigenvalue weighted by molar-refractivity contribution is 5.69. The van der Waals surface area contributed by atoms with Crippen molar-refractivity contribution in [3.05, 3.63) is 0 Å². The van der Waals surface area contributed by atoms with Crippen LogP contribution in [0.2, 0.25) is 0 Å². The maximum Gasteiger partial charge on any atom is 0.410 e. The third kappa shape index (κ3) is 2.73. The van der Waals surface area contributed by atoms with Gasteiger partial charge in [0.25, 0.3) is 0 Å². The smallest absolute Gasteiger partial charge is 0.410 e. The summed E-state index contributed by atoms with van der Waals surface area (Å²) < 4.78 is 5.46. The molecule has 98 valence electrons. The van der Waals surface area contributed by atoms with Crippen LogP contribution in [0.15, 0.2) is 0 Å². The number of fused-ring (bicyclic) bond motifs is 1. The minimum absolute atomic E-state index is 0.147. The molecule has 2 N–H and O–H groups in total. The molecule has 2 rings (SSSR count). The van der Waals surface area contributed by atoms with Gasteiger partial charge in [0, 0.05) is 12.6 Å². The van der Waals surface area contributed by atoms with Crippen molar-refractivity contribution in [1.29, 1.82) is 0 Å². The molecule has 1 heterocycles. The molecule has 1 saturated heterocycles. The molecular formula is C13H24N2O2. The van der Waals surface area contributed by atoms with E-state index >= 15 is 0 Å². The predicted molar refractivity (Wildman–Crippen MR) is 66.6 cm³/mol. The molecule has 1 aliphatic heterocycles. The molecule has 4 nitrogen and oxygen atoms in total. The van der Waals surface area contributed by atoms with Gasteiger partial charge in [-0.3, -0.25) is 0 Å². The number of carbonyl (C=O) groups is 1. The van der Waals surface area contributed by atoms with Crippen molar-refractivity contribution in [3.63, 3.8) is 0 Å². The van der Waals surface area contributed by atoms with Crippen molar-refractivity contribution < 1.29 is 9.53 Å². The zero-order chi connectivity index (χ0) is 12.6. The van der Waals surface area contributed by atoms with Crippen LogP contribution < -0.4 is 5.73 Å². The Balaban J connectivity index is 1.95. The largest absolute Gasteiger partial charge is 0.444 e. The Morgan fingerprint density at radius 3 is 2.76 bits per heavy atom. The second-order valence-electron chi connectivity index (χ2n) is 6.21.